The summed E-state index contributed by atoms with van der Waals surface area (Å²) in [6.45, 7) is 2.15. The minimum Gasteiger partial charge on any atom is -0.378 e. The molecule has 0 saturated heterocycles. The van der Waals surface area contributed by atoms with E-state index in [9.17, 15) is 0 Å². The van der Waals surface area contributed by atoms with Crippen molar-refractivity contribution in [2.75, 3.05) is 5.32 Å². The van der Waals surface area contributed by atoms with Crippen LogP contribution in [0.25, 0.3) is 0 Å². The van der Waals surface area contributed by atoms with Crippen LogP contribution in [0.5, 0.6) is 0 Å². The van der Waals surface area contributed by atoms with Gasteiger partial charge in [0.2, 0.25) is 0 Å². The summed E-state index contributed by atoms with van der Waals surface area (Å²) in [6.07, 6.45) is 5.06. The van der Waals surface area contributed by atoms with Gasteiger partial charge in [-0.3, -0.25) is 0 Å². The molecule has 1 heteroatoms. The first-order valence-electron chi connectivity index (χ1n) is 7.24. The van der Waals surface area contributed by atoms with Crippen LogP contribution in [-0.2, 0) is 6.42 Å². The van der Waals surface area contributed by atoms with E-state index in [4.69, 9.17) is 0 Å². The maximum absolute atomic E-state index is 3.72. The Morgan fingerprint density at radius 1 is 1.00 bits per heavy atom. The first-order valence-corrected chi connectivity index (χ1v) is 7.24. The molecule has 19 heavy (non-hydrogen) atoms. The van der Waals surface area contributed by atoms with Gasteiger partial charge in [0.1, 0.15) is 0 Å². The van der Waals surface area contributed by atoms with E-state index in [1.54, 1.807) is 0 Å². The highest BCUT2D eigenvalue weighted by molar-refractivity contribution is 5.48. The first kappa shape index (κ1) is 12.3. The Morgan fingerprint density at radius 2 is 1.89 bits per heavy atom. The number of rotatable bonds is 2. The number of fused-ring (bicyclic) bond motifs is 1. The SMILES string of the molecule is Cc1cccc(NC2CCCCc3ccccc32)c1. The molecule has 2 aromatic carbocycles. The minimum absolute atomic E-state index is 0.459. The molecule has 1 N–H and O–H groups in total. The van der Waals surface area contributed by atoms with Crippen LogP contribution >= 0.6 is 0 Å². The predicted octanol–water partition coefficient (Wildman–Crippen LogP) is 4.87. The summed E-state index contributed by atoms with van der Waals surface area (Å²) < 4.78 is 0. The second kappa shape index (κ2) is 5.48. The second-order valence-electron chi connectivity index (χ2n) is 5.51. The third kappa shape index (κ3) is 2.81. The van der Waals surface area contributed by atoms with Crippen LogP contribution in [-0.4, -0.2) is 0 Å². The number of anilines is 1. The molecular weight excluding hydrogens is 230 g/mol. The summed E-state index contributed by atoms with van der Waals surface area (Å²) in [4.78, 5) is 0. The molecule has 0 saturated carbocycles. The molecule has 0 heterocycles. The van der Waals surface area contributed by atoms with Crippen molar-refractivity contribution in [1.82, 2.24) is 0 Å². The van der Waals surface area contributed by atoms with E-state index in [2.05, 4.69) is 60.8 Å². The number of aryl methyl sites for hydroxylation is 2. The highest BCUT2D eigenvalue weighted by atomic mass is 14.9. The maximum Gasteiger partial charge on any atom is 0.0516 e. The Morgan fingerprint density at radius 3 is 2.79 bits per heavy atom. The van der Waals surface area contributed by atoms with Gasteiger partial charge in [-0.15, -0.1) is 0 Å². The quantitative estimate of drug-likeness (QED) is 0.750. The van der Waals surface area contributed by atoms with Crippen LogP contribution in [0, 0.1) is 6.92 Å². The molecule has 1 nitrogen and oxygen atoms in total. The number of hydrogen-bond donors (Lipinski definition) is 1. The molecule has 1 atom stereocenters. The Bertz CT molecular complexity index is 559. The Labute approximate surface area is 115 Å². The Kier molecular flexibility index (Phi) is 3.54. The lowest BCUT2D eigenvalue weighted by atomic mass is 9.99. The summed E-state index contributed by atoms with van der Waals surface area (Å²) in [5, 5.41) is 3.72. The largest absolute Gasteiger partial charge is 0.378 e. The van der Waals surface area contributed by atoms with Crippen LogP contribution in [0.4, 0.5) is 5.69 Å². The summed E-state index contributed by atoms with van der Waals surface area (Å²) in [5.41, 5.74) is 5.56. The average Bonchev–Trinajstić information content (AvgIpc) is 2.62. The van der Waals surface area contributed by atoms with Crippen LogP contribution in [0.1, 0.15) is 42.0 Å². The van der Waals surface area contributed by atoms with Gasteiger partial charge in [-0.05, 0) is 55.0 Å². The van der Waals surface area contributed by atoms with Crippen molar-refractivity contribution in [2.45, 2.75) is 38.6 Å². The van der Waals surface area contributed by atoms with Crippen molar-refractivity contribution in [3.05, 3.63) is 65.2 Å². The van der Waals surface area contributed by atoms with E-state index in [-0.39, 0.29) is 0 Å². The van der Waals surface area contributed by atoms with E-state index in [1.165, 1.54) is 48.1 Å². The molecule has 0 bridgehead atoms. The van der Waals surface area contributed by atoms with Gasteiger partial charge >= 0.3 is 0 Å². The smallest absolute Gasteiger partial charge is 0.0516 e. The van der Waals surface area contributed by atoms with Gasteiger partial charge in [-0.2, -0.15) is 0 Å². The zero-order chi connectivity index (χ0) is 13.1. The van der Waals surface area contributed by atoms with Gasteiger partial charge in [-0.1, -0.05) is 42.8 Å². The molecule has 0 fully saturated rings. The summed E-state index contributed by atoms with van der Waals surface area (Å²) in [5.74, 6) is 0. The zero-order valence-electron chi connectivity index (χ0n) is 11.5. The third-order valence-electron chi connectivity index (χ3n) is 3.98. The molecule has 98 valence electrons. The Balaban J connectivity index is 1.88. The molecule has 0 aromatic heterocycles. The molecule has 1 unspecified atom stereocenters. The van der Waals surface area contributed by atoms with Crippen molar-refractivity contribution in [2.24, 2.45) is 0 Å². The van der Waals surface area contributed by atoms with Gasteiger partial charge < -0.3 is 5.32 Å². The predicted molar refractivity (Wildman–Crippen MR) is 81.5 cm³/mol. The fourth-order valence-electron chi connectivity index (χ4n) is 3.01. The van der Waals surface area contributed by atoms with Crippen molar-refractivity contribution in [3.8, 4) is 0 Å². The molecule has 1 aliphatic carbocycles. The van der Waals surface area contributed by atoms with Crippen LogP contribution < -0.4 is 5.32 Å². The van der Waals surface area contributed by atoms with E-state index < -0.39 is 0 Å². The lowest BCUT2D eigenvalue weighted by Crippen LogP contribution is -2.11. The van der Waals surface area contributed by atoms with Crippen LogP contribution in [0.15, 0.2) is 48.5 Å². The van der Waals surface area contributed by atoms with Crippen molar-refractivity contribution < 1.29 is 0 Å². The molecule has 0 radical (unpaired) electrons. The van der Waals surface area contributed by atoms with Crippen LogP contribution in [0.2, 0.25) is 0 Å². The lowest BCUT2D eigenvalue weighted by molar-refractivity contribution is 0.644. The van der Waals surface area contributed by atoms with Gasteiger partial charge in [-0.25, -0.2) is 0 Å². The van der Waals surface area contributed by atoms with Gasteiger partial charge in [0.15, 0.2) is 0 Å². The second-order valence-corrected chi connectivity index (χ2v) is 5.51. The number of benzene rings is 2. The van der Waals surface area contributed by atoms with E-state index in [1.807, 2.05) is 0 Å². The Hall–Kier alpha value is -1.76. The van der Waals surface area contributed by atoms with Crippen molar-refractivity contribution >= 4 is 5.69 Å². The first-order chi connectivity index (χ1) is 9.33. The monoisotopic (exact) mass is 251 g/mol. The van der Waals surface area contributed by atoms with E-state index in [0.717, 1.165) is 0 Å². The van der Waals surface area contributed by atoms with Gasteiger partial charge in [0, 0.05) is 5.69 Å². The highest BCUT2D eigenvalue weighted by Gasteiger charge is 2.17. The molecule has 1 aliphatic rings. The maximum atomic E-state index is 3.72. The molecule has 0 spiro atoms. The third-order valence-corrected chi connectivity index (χ3v) is 3.98. The van der Waals surface area contributed by atoms with Gasteiger partial charge in [0.05, 0.1) is 6.04 Å². The average molecular weight is 251 g/mol. The van der Waals surface area contributed by atoms with E-state index >= 15 is 0 Å². The summed E-state index contributed by atoms with van der Waals surface area (Å²) >= 11 is 0. The summed E-state index contributed by atoms with van der Waals surface area (Å²) in [7, 11) is 0. The fourth-order valence-corrected chi connectivity index (χ4v) is 3.01. The molecular formula is C18H21N. The topological polar surface area (TPSA) is 12.0 Å². The standard InChI is InChI=1S/C18H21N/c1-14-7-6-10-16(13-14)19-18-12-5-3-9-15-8-2-4-11-17(15)18/h2,4,6-8,10-11,13,18-19H,3,5,9,12H2,1H3. The number of hydrogen-bond acceptors (Lipinski definition) is 1. The lowest BCUT2D eigenvalue weighted by Gasteiger charge is -2.21. The van der Waals surface area contributed by atoms with E-state index in [0.29, 0.717) is 6.04 Å². The molecule has 0 amide bonds. The molecule has 0 aliphatic heterocycles. The van der Waals surface area contributed by atoms with Gasteiger partial charge in [0.25, 0.3) is 0 Å². The fraction of sp³-hybridized carbons (Fsp3) is 0.333. The van der Waals surface area contributed by atoms with Crippen molar-refractivity contribution in [1.29, 1.82) is 0 Å². The summed E-state index contributed by atoms with van der Waals surface area (Å²) in [6, 6.07) is 18.0. The number of nitrogens with one attached hydrogen (secondary N) is 1. The highest BCUT2D eigenvalue weighted by Crippen LogP contribution is 2.31. The molecule has 2 aromatic rings. The zero-order valence-corrected chi connectivity index (χ0v) is 11.5. The normalized spacial score (nSPS) is 18.5. The molecule has 3 rings (SSSR count). The van der Waals surface area contributed by atoms with Crippen LogP contribution in [0.3, 0.4) is 0 Å². The van der Waals surface area contributed by atoms with Crippen molar-refractivity contribution in [3.63, 3.8) is 0 Å². The minimum atomic E-state index is 0.459.